The number of benzene rings is 1. The average Bonchev–Trinajstić information content (AvgIpc) is 2.29. The van der Waals surface area contributed by atoms with Gasteiger partial charge in [-0.2, -0.15) is 4.39 Å². The zero-order chi connectivity index (χ0) is 15.3. The highest BCUT2D eigenvalue weighted by molar-refractivity contribution is 5.91. The van der Waals surface area contributed by atoms with Crippen LogP contribution in [0.2, 0.25) is 0 Å². The maximum Gasteiger partial charge on any atom is 0.306 e. The summed E-state index contributed by atoms with van der Waals surface area (Å²) in [6.45, 7) is 1.60. The molecule has 0 saturated heterocycles. The quantitative estimate of drug-likeness (QED) is 0.614. The number of nitro benzene ring substituents is 1. The van der Waals surface area contributed by atoms with Gasteiger partial charge < -0.3 is 10.4 Å². The Morgan fingerprint density at radius 2 is 2.10 bits per heavy atom. The molecule has 0 radical (unpaired) electrons. The van der Waals surface area contributed by atoms with E-state index in [1.54, 1.807) is 6.92 Å². The number of carboxylic acid groups (broad SMARTS) is 1. The van der Waals surface area contributed by atoms with Crippen LogP contribution in [0.3, 0.4) is 0 Å². The normalized spacial score (nSPS) is 11.7. The average molecular weight is 284 g/mol. The van der Waals surface area contributed by atoms with E-state index in [1.807, 2.05) is 0 Å². The maximum atomic E-state index is 13.1. The molecule has 1 rings (SSSR count). The highest BCUT2D eigenvalue weighted by Crippen LogP contribution is 2.22. The van der Waals surface area contributed by atoms with Gasteiger partial charge >= 0.3 is 11.7 Å². The Kier molecular flexibility index (Phi) is 5.13. The molecular formula is C12H13FN2O5. The molecule has 1 atom stereocenters. The SMILES string of the molecule is CC(CC(=O)O)CC(=O)Nc1ccc(F)c([N+](=O)[O-])c1. The molecule has 8 heteroatoms. The molecule has 7 nitrogen and oxygen atoms in total. The lowest BCUT2D eigenvalue weighted by molar-refractivity contribution is -0.387. The molecule has 108 valence electrons. The number of hydrogen-bond donors (Lipinski definition) is 2. The molecule has 1 unspecified atom stereocenters. The van der Waals surface area contributed by atoms with Gasteiger partial charge in [0.05, 0.1) is 4.92 Å². The summed E-state index contributed by atoms with van der Waals surface area (Å²) in [7, 11) is 0. The van der Waals surface area contributed by atoms with E-state index in [1.165, 1.54) is 6.07 Å². The van der Waals surface area contributed by atoms with Gasteiger partial charge in [-0.3, -0.25) is 19.7 Å². The fraction of sp³-hybridized carbons (Fsp3) is 0.333. The molecule has 1 aromatic carbocycles. The number of carbonyl (C=O) groups is 2. The Morgan fingerprint density at radius 1 is 1.45 bits per heavy atom. The monoisotopic (exact) mass is 284 g/mol. The summed E-state index contributed by atoms with van der Waals surface area (Å²) < 4.78 is 13.1. The molecule has 1 amide bonds. The van der Waals surface area contributed by atoms with Crippen LogP contribution in [-0.4, -0.2) is 21.9 Å². The number of anilines is 1. The van der Waals surface area contributed by atoms with Crippen molar-refractivity contribution in [2.75, 3.05) is 5.32 Å². The minimum atomic E-state index is -1.01. The fourth-order valence-electron chi connectivity index (χ4n) is 1.63. The first kappa shape index (κ1) is 15.5. The lowest BCUT2D eigenvalue weighted by Gasteiger charge is -2.09. The molecule has 0 heterocycles. The molecule has 0 aliphatic carbocycles. The van der Waals surface area contributed by atoms with Crippen molar-refractivity contribution in [3.05, 3.63) is 34.1 Å². The molecule has 0 aliphatic rings. The summed E-state index contributed by atoms with van der Waals surface area (Å²) in [6.07, 6.45) is -0.200. The lowest BCUT2D eigenvalue weighted by Crippen LogP contribution is -2.17. The molecule has 2 N–H and O–H groups in total. The minimum absolute atomic E-state index is 0.0442. The standard InChI is InChI=1S/C12H13FN2O5/c1-7(5-12(17)18)4-11(16)14-8-2-3-9(13)10(6-8)15(19)20/h2-3,6-7H,4-5H2,1H3,(H,14,16)(H,17,18). The third kappa shape index (κ3) is 4.63. The van der Waals surface area contributed by atoms with Gasteiger partial charge in [-0.15, -0.1) is 0 Å². The van der Waals surface area contributed by atoms with Crippen molar-refractivity contribution in [1.29, 1.82) is 0 Å². The van der Waals surface area contributed by atoms with Gasteiger partial charge in [0.2, 0.25) is 11.7 Å². The lowest BCUT2D eigenvalue weighted by atomic mass is 10.0. The smallest absolute Gasteiger partial charge is 0.306 e. The predicted molar refractivity (Wildman–Crippen MR) is 67.7 cm³/mol. The van der Waals surface area contributed by atoms with Crippen molar-refractivity contribution in [2.45, 2.75) is 19.8 Å². The zero-order valence-electron chi connectivity index (χ0n) is 10.6. The number of nitrogens with zero attached hydrogens (tertiary/aromatic N) is 1. The Bertz CT molecular complexity index is 547. The van der Waals surface area contributed by atoms with Crippen LogP contribution >= 0.6 is 0 Å². The second-order valence-electron chi connectivity index (χ2n) is 4.38. The predicted octanol–water partition coefficient (Wildman–Crippen LogP) is 2.17. The highest BCUT2D eigenvalue weighted by Gasteiger charge is 2.17. The van der Waals surface area contributed by atoms with Crippen molar-refractivity contribution >= 4 is 23.3 Å². The maximum absolute atomic E-state index is 13.1. The van der Waals surface area contributed by atoms with Gasteiger partial charge in [-0.05, 0) is 18.1 Å². The van der Waals surface area contributed by atoms with E-state index in [0.717, 1.165) is 12.1 Å². The van der Waals surface area contributed by atoms with Gasteiger partial charge in [0, 0.05) is 24.6 Å². The summed E-state index contributed by atoms with van der Waals surface area (Å²) in [6, 6.07) is 2.99. The van der Waals surface area contributed by atoms with Crippen LogP contribution < -0.4 is 5.32 Å². The van der Waals surface area contributed by atoms with E-state index in [-0.39, 0.29) is 24.4 Å². The Balaban J connectivity index is 2.69. The summed E-state index contributed by atoms with van der Waals surface area (Å²) in [5, 5.41) is 21.5. The zero-order valence-corrected chi connectivity index (χ0v) is 10.6. The third-order valence-electron chi connectivity index (χ3n) is 2.48. The highest BCUT2D eigenvalue weighted by atomic mass is 19.1. The number of carbonyl (C=O) groups excluding carboxylic acids is 1. The minimum Gasteiger partial charge on any atom is -0.481 e. The topological polar surface area (TPSA) is 110 Å². The van der Waals surface area contributed by atoms with E-state index in [4.69, 9.17) is 5.11 Å². The van der Waals surface area contributed by atoms with Crippen molar-refractivity contribution in [2.24, 2.45) is 5.92 Å². The van der Waals surface area contributed by atoms with Gasteiger partial charge in [0.1, 0.15) is 0 Å². The van der Waals surface area contributed by atoms with Gasteiger partial charge in [0.25, 0.3) is 0 Å². The molecule has 20 heavy (non-hydrogen) atoms. The number of nitrogens with one attached hydrogen (secondary N) is 1. The molecule has 0 bridgehead atoms. The summed E-state index contributed by atoms with van der Waals surface area (Å²) in [5.41, 5.74) is -0.646. The van der Waals surface area contributed by atoms with Gasteiger partial charge in [-0.1, -0.05) is 6.92 Å². The first-order chi connectivity index (χ1) is 9.29. The molecule has 0 aromatic heterocycles. The summed E-state index contributed by atoms with van der Waals surface area (Å²) in [4.78, 5) is 31.7. The Hall–Kier alpha value is -2.51. The van der Waals surface area contributed by atoms with Crippen LogP contribution in [0.4, 0.5) is 15.8 Å². The first-order valence-electron chi connectivity index (χ1n) is 5.75. The van der Waals surface area contributed by atoms with Crippen molar-refractivity contribution in [3.63, 3.8) is 0 Å². The van der Waals surface area contributed by atoms with E-state index < -0.39 is 28.3 Å². The number of hydrogen-bond acceptors (Lipinski definition) is 4. The third-order valence-corrected chi connectivity index (χ3v) is 2.48. The van der Waals surface area contributed by atoms with Crippen LogP contribution in [0.5, 0.6) is 0 Å². The van der Waals surface area contributed by atoms with Crippen LogP contribution in [-0.2, 0) is 9.59 Å². The molecular weight excluding hydrogens is 271 g/mol. The molecule has 0 aliphatic heterocycles. The summed E-state index contributed by atoms with van der Waals surface area (Å²) in [5.74, 6) is -2.86. The van der Waals surface area contributed by atoms with E-state index in [2.05, 4.69) is 5.32 Å². The van der Waals surface area contributed by atoms with Crippen molar-refractivity contribution < 1.29 is 24.0 Å². The molecule has 1 aromatic rings. The van der Waals surface area contributed by atoms with Gasteiger partial charge in [-0.25, -0.2) is 0 Å². The van der Waals surface area contributed by atoms with Crippen LogP contribution in [0.1, 0.15) is 19.8 Å². The Labute approximate surface area is 113 Å². The second kappa shape index (κ2) is 6.60. The number of aliphatic carboxylic acids is 1. The van der Waals surface area contributed by atoms with E-state index in [0.29, 0.717) is 0 Å². The molecule has 0 spiro atoms. The number of halogens is 1. The van der Waals surface area contributed by atoms with Crippen LogP contribution in [0.25, 0.3) is 0 Å². The fourth-order valence-corrected chi connectivity index (χ4v) is 1.63. The Morgan fingerprint density at radius 3 is 2.65 bits per heavy atom. The molecule has 0 saturated carbocycles. The number of amides is 1. The number of carboxylic acids is 1. The van der Waals surface area contributed by atoms with Crippen molar-refractivity contribution in [1.82, 2.24) is 0 Å². The first-order valence-corrected chi connectivity index (χ1v) is 5.75. The van der Waals surface area contributed by atoms with E-state index >= 15 is 0 Å². The number of nitro groups is 1. The second-order valence-corrected chi connectivity index (χ2v) is 4.38. The van der Waals surface area contributed by atoms with Crippen LogP contribution in [0.15, 0.2) is 18.2 Å². The summed E-state index contributed by atoms with van der Waals surface area (Å²) >= 11 is 0. The van der Waals surface area contributed by atoms with Gasteiger partial charge in [0.15, 0.2) is 0 Å². The number of rotatable bonds is 6. The molecule has 0 fully saturated rings. The van der Waals surface area contributed by atoms with E-state index in [9.17, 15) is 24.1 Å². The van der Waals surface area contributed by atoms with Crippen LogP contribution in [0, 0.1) is 21.8 Å². The van der Waals surface area contributed by atoms with Crippen molar-refractivity contribution in [3.8, 4) is 0 Å². The largest absolute Gasteiger partial charge is 0.481 e.